The average Bonchev–Trinajstić information content (AvgIpc) is 2.34. The number of aryl methyl sites for hydroxylation is 2. The van der Waals surface area contributed by atoms with Gasteiger partial charge in [0.25, 0.3) is 11.5 Å². The van der Waals surface area contributed by atoms with Crippen LogP contribution in [0, 0.1) is 13.8 Å². The van der Waals surface area contributed by atoms with E-state index in [1.165, 1.54) is 4.90 Å². The number of esters is 1. The highest BCUT2D eigenvalue weighted by Gasteiger charge is 2.19. The Morgan fingerprint density at radius 2 is 2.00 bits per heavy atom. The third-order valence-electron chi connectivity index (χ3n) is 2.88. The predicted molar refractivity (Wildman–Crippen MR) is 74.7 cm³/mol. The molecular formula is C14H20N2O4. The zero-order valence-electron chi connectivity index (χ0n) is 12.3. The maximum absolute atomic E-state index is 12.2. The third kappa shape index (κ3) is 3.94. The van der Waals surface area contributed by atoms with Crippen molar-refractivity contribution in [2.45, 2.75) is 27.2 Å². The highest BCUT2D eigenvalue weighted by atomic mass is 16.5. The molecule has 0 aromatic carbocycles. The average molecular weight is 280 g/mol. The van der Waals surface area contributed by atoms with Crippen molar-refractivity contribution in [3.63, 3.8) is 0 Å². The summed E-state index contributed by atoms with van der Waals surface area (Å²) in [5.41, 5.74) is 1.04. The molecule has 0 saturated heterocycles. The number of nitrogens with one attached hydrogen (secondary N) is 1. The van der Waals surface area contributed by atoms with Gasteiger partial charge in [0.05, 0.1) is 13.0 Å². The van der Waals surface area contributed by atoms with E-state index in [-0.39, 0.29) is 24.5 Å². The summed E-state index contributed by atoms with van der Waals surface area (Å²) in [5.74, 6) is -0.755. The number of aromatic amines is 1. The van der Waals surface area contributed by atoms with Gasteiger partial charge in [0.2, 0.25) is 0 Å². The minimum atomic E-state index is -0.407. The van der Waals surface area contributed by atoms with Crippen LogP contribution in [0.3, 0.4) is 0 Å². The smallest absolute Gasteiger partial charge is 0.307 e. The molecule has 0 spiro atoms. The number of H-pyrrole nitrogens is 1. The molecule has 0 radical (unpaired) electrons. The molecule has 0 aliphatic carbocycles. The van der Waals surface area contributed by atoms with Crippen LogP contribution >= 0.6 is 0 Å². The lowest BCUT2D eigenvalue weighted by molar-refractivity contribution is -0.143. The molecule has 0 saturated carbocycles. The third-order valence-corrected chi connectivity index (χ3v) is 2.88. The van der Waals surface area contributed by atoms with E-state index in [2.05, 4.69) is 4.98 Å². The lowest BCUT2D eigenvalue weighted by Gasteiger charge is -2.17. The molecule has 0 aliphatic rings. The van der Waals surface area contributed by atoms with Gasteiger partial charge in [-0.3, -0.25) is 14.4 Å². The minimum absolute atomic E-state index is 0.110. The van der Waals surface area contributed by atoms with Gasteiger partial charge in [0.1, 0.15) is 5.56 Å². The van der Waals surface area contributed by atoms with Crippen molar-refractivity contribution in [1.29, 1.82) is 0 Å². The Labute approximate surface area is 117 Å². The molecule has 1 aromatic rings. The summed E-state index contributed by atoms with van der Waals surface area (Å²) >= 11 is 0. The fourth-order valence-corrected chi connectivity index (χ4v) is 1.90. The van der Waals surface area contributed by atoms with Crippen LogP contribution < -0.4 is 5.56 Å². The maximum Gasteiger partial charge on any atom is 0.307 e. The number of nitrogens with zero attached hydrogens (tertiary/aromatic N) is 1. The van der Waals surface area contributed by atoms with E-state index < -0.39 is 11.5 Å². The van der Waals surface area contributed by atoms with Gasteiger partial charge in [0, 0.05) is 19.3 Å². The summed E-state index contributed by atoms with van der Waals surface area (Å²) < 4.78 is 4.80. The van der Waals surface area contributed by atoms with Crippen LogP contribution in [0.2, 0.25) is 0 Å². The Bertz CT molecular complexity index is 563. The van der Waals surface area contributed by atoms with Crippen molar-refractivity contribution in [2.24, 2.45) is 0 Å². The van der Waals surface area contributed by atoms with Crippen molar-refractivity contribution >= 4 is 11.9 Å². The van der Waals surface area contributed by atoms with Crippen LogP contribution in [0.15, 0.2) is 10.9 Å². The maximum atomic E-state index is 12.2. The van der Waals surface area contributed by atoms with Gasteiger partial charge in [0.15, 0.2) is 0 Å². The molecule has 0 fully saturated rings. The molecule has 20 heavy (non-hydrogen) atoms. The molecule has 0 bridgehead atoms. The van der Waals surface area contributed by atoms with Crippen molar-refractivity contribution in [3.05, 3.63) is 33.2 Å². The monoisotopic (exact) mass is 280 g/mol. The molecule has 1 rings (SSSR count). The van der Waals surface area contributed by atoms with E-state index in [1.54, 1.807) is 33.9 Å². The fourth-order valence-electron chi connectivity index (χ4n) is 1.90. The second-order valence-corrected chi connectivity index (χ2v) is 4.62. The van der Waals surface area contributed by atoms with Crippen molar-refractivity contribution in [2.75, 3.05) is 20.2 Å². The fraction of sp³-hybridized carbons (Fsp3) is 0.500. The number of aromatic nitrogens is 1. The quantitative estimate of drug-likeness (QED) is 0.817. The standard InChI is InChI=1S/C14H20N2O4/c1-5-20-11(17)6-7-16(4)14(19)12-9(2)8-10(3)15-13(12)18/h8H,5-7H2,1-4H3,(H,15,18). The highest BCUT2D eigenvalue weighted by Crippen LogP contribution is 2.07. The molecule has 1 heterocycles. The summed E-state index contributed by atoms with van der Waals surface area (Å²) in [5, 5.41) is 0. The van der Waals surface area contributed by atoms with Gasteiger partial charge in [-0.1, -0.05) is 0 Å². The second kappa shape index (κ2) is 6.88. The molecular weight excluding hydrogens is 260 g/mol. The van der Waals surface area contributed by atoms with Crippen LogP contribution in [0.4, 0.5) is 0 Å². The molecule has 6 nitrogen and oxygen atoms in total. The lowest BCUT2D eigenvalue weighted by Crippen LogP contribution is -2.34. The molecule has 1 aromatic heterocycles. The highest BCUT2D eigenvalue weighted by molar-refractivity contribution is 5.95. The van der Waals surface area contributed by atoms with E-state index in [1.807, 2.05) is 0 Å². The first-order valence-electron chi connectivity index (χ1n) is 6.48. The predicted octanol–water partition coefficient (Wildman–Crippen LogP) is 1.02. The number of hydrogen-bond donors (Lipinski definition) is 1. The number of hydrogen-bond acceptors (Lipinski definition) is 4. The van der Waals surface area contributed by atoms with Crippen molar-refractivity contribution < 1.29 is 14.3 Å². The summed E-state index contributed by atoms with van der Waals surface area (Å²) in [7, 11) is 1.56. The number of rotatable bonds is 5. The lowest BCUT2D eigenvalue weighted by atomic mass is 10.1. The number of amides is 1. The number of ether oxygens (including phenoxy) is 1. The zero-order chi connectivity index (χ0) is 15.3. The summed E-state index contributed by atoms with van der Waals surface area (Å²) in [6.45, 7) is 5.72. The normalized spacial score (nSPS) is 10.2. The first-order chi connectivity index (χ1) is 9.36. The van der Waals surface area contributed by atoms with Crippen molar-refractivity contribution in [1.82, 2.24) is 9.88 Å². The van der Waals surface area contributed by atoms with E-state index in [4.69, 9.17) is 4.74 Å². The van der Waals surface area contributed by atoms with Crippen LogP contribution in [0.25, 0.3) is 0 Å². The molecule has 6 heteroatoms. The Balaban J connectivity index is 2.80. The van der Waals surface area contributed by atoms with Crippen LogP contribution in [-0.2, 0) is 9.53 Å². The molecule has 110 valence electrons. The van der Waals surface area contributed by atoms with E-state index >= 15 is 0 Å². The first kappa shape index (κ1) is 15.9. The van der Waals surface area contributed by atoms with Crippen LogP contribution in [0.1, 0.15) is 35.0 Å². The molecule has 0 unspecified atom stereocenters. The van der Waals surface area contributed by atoms with Crippen LogP contribution in [0.5, 0.6) is 0 Å². The molecule has 1 amide bonds. The summed E-state index contributed by atoms with van der Waals surface area (Å²) in [4.78, 5) is 39.3. The number of carbonyl (C=O) groups excluding carboxylic acids is 2. The van der Waals surface area contributed by atoms with Crippen LogP contribution in [-0.4, -0.2) is 42.0 Å². The number of carbonyl (C=O) groups is 2. The Hall–Kier alpha value is -2.11. The Morgan fingerprint density at radius 3 is 2.55 bits per heavy atom. The SMILES string of the molecule is CCOC(=O)CCN(C)C(=O)c1c(C)cc(C)[nH]c1=O. The topological polar surface area (TPSA) is 79.5 Å². The molecule has 0 aliphatic heterocycles. The molecule has 1 N–H and O–H groups in total. The zero-order valence-corrected chi connectivity index (χ0v) is 12.3. The number of pyridine rings is 1. The largest absolute Gasteiger partial charge is 0.466 e. The van der Waals surface area contributed by atoms with E-state index in [0.717, 1.165) is 0 Å². The molecule has 0 atom stereocenters. The van der Waals surface area contributed by atoms with Gasteiger partial charge < -0.3 is 14.6 Å². The van der Waals surface area contributed by atoms with Gasteiger partial charge in [-0.2, -0.15) is 0 Å². The van der Waals surface area contributed by atoms with Crippen molar-refractivity contribution in [3.8, 4) is 0 Å². The van der Waals surface area contributed by atoms with Gasteiger partial charge in [-0.25, -0.2) is 0 Å². The second-order valence-electron chi connectivity index (χ2n) is 4.62. The first-order valence-corrected chi connectivity index (χ1v) is 6.48. The van der Waals surface area contributed by atoms with E-state index in [0.29, 0.717) is 17.9 Å². The Kier molecular flexibility index (Phi) is 5.49. The summed E-state index contributed by atoms with van der Waals surface area (Å²) in [6, 6.07) is 1.74. The van der Waals surface area contributed by atoms with Gasteiger partial charge in [-0.05, 0) is 32.4 Å². The summed E-state index contributed by atoms with van der Waals surface area (Å²) in [6.07, 6.45) is 0.110. The minimum Gasteiger partial charge on any atom is -0.466 e. The van der Waals surface area contributed by atoms with E-state index in [9.17, 15) is 14.4 Å². The van der Waals surface area contributed by atoms with Gasteiger partial charge in [-0.15, -0.1) is 0 Å². The van der Waals surface area contributed by atoms with Gasteiger partial charge >= 0.3 is 5.97 Å². The Morgan fingerprint density at radius 1 is 1.35 bits per heavy atom.